The number of hydrogen-bond acceptors (Lipinski definition) is 6. The van der Waals surface area contributed by atoms with E-state index in [1.165, 1.54) is 0 Å². The highest BCUT2D eigenvalue weighted by Gasteiger charge is 2.26. The molecule has 7 nitrogen and oxygen atoms in total. The molecule has 184 valence electrons. The highest BCUT2D eigenvalue weighted by Crippen LogP contribution is 2.31. The van der Waals surface area contributed by atoms with Crippen LogP contribution in [0.2, 0.25) is 0 Å². The molecule has 8 heteroatoms. The monoisotopic (exact) mass is 472 g/mol. The molecule has 1 aromatic carbocycles. The predicted octanol–water partition coefficient (Wildman–Crippen LogP) is 3.64. The Morgan fingerprint density at radius 3 is 2.41 bits per heavy atom. The van der Waals surface area contributed by atoms with Gasteiger partial charge in [-0.25, -0.2) is 0 Å². The number of rotatable bonds is 15. The maximum absolute atomic E-state index is 12.0. The topological polar surface area (TPSA) is 94.3 Å². The van der Waals surface area contributed by atoms with Crippen LogP contribution in [0.5, 0.6) is 11.5 Å². The van der Waals surface area contributed by atoms with Crippen molar-refractivity contribution in [2.45, 2.75) is 59.1 Å². The lowest BCUT2D eigenvalue weighted by Crippen LogP contribution is -2.44. The standard InChI is InChI=1S/C24H41ClN2O5/c1-16(2)19(14-20(26)21(28)15-27(25)24(29)17(3)4)12-18-8-9-22(31-6)23(13-18)32-11-7-10-30-5/h8-9,13,16-17,19-21,28H,7,10-12,14-15,26H2,1-6H3/t19-,20-,21-/m0/s1. The van der Waals surface area contributed by atoms with Gasteiger partial charge in [0.15, 0.2) is 11.5 Å². The number of halogens is 1. The molecule has 0 radical (unpaired) electrons. The van der Waals surface area contributed by atoms with Crippen LogP contribution in [0, 0.1) is 17.8 Å². The van der Waals surface area contributed by atoms with Crippen LogP contribution in [-0.4, -0.2) is 61.6 Å². The van der Waals surface area contributed by atoms with Gasteiger partial charge in [-0.05, 0) is 42.4 Å². The number of benzene rings is 1. The van der Waals surface area contributed by atoms with Crippen LogP contribution >= 0.6 is 11.8 Å². The first-order chi connectivity index (χ1) is 15.1. The molecule has 0 fully saturated rings. The summed E-state index contributed by atoms with van der Waals surface area (Å²) in [6.45, 7) is 9.01. The molecule has 0 saturated heterocycles. The Labute approximate surface area is 198 Å². The molecular formula is C24H41ClN2O5. The summed E-state index contributed by atoms with van der Waals surface area (Å²) in [5.74, 6) is 1.52. The van der Waals surface area contributed by atoms with Crippen LogP contribution in [0.4, 0.5) is 0 Å². The number of amides is 1. The number of hydrogen-bond donors (Lipinski definition) is 2. The van der Waals surface area contributed by atoms with Gasteiger partial charge in [0.2, 0.25) is 5.91 Å². The summed E-state index contributed by atoms with van der Waals surface area (Å²) in [5.41, 5.74) is 7.41. The first-order valence-electron chi connectivity index (χ1n) is 11.3. The Morgan fingerprint density at radius 1 is 1.16 bits per heavy atom. The Morgan fingerprint density at radius 2 is 1.84 bits per heavy atom. The predicted molar refractivity (Wildman–Crippen MR) is 128 cm³/mol. The highest BCUT2D eigenvalue weighted by atomic mass is 35.5. The molecule has 0 spiro atoms. The smallest absolute Gasteiger partial charge is 0.239 e. The Balaban J connectivity index is 2.80. The molecule has 0 saturated carbocycles. The molecular weight excluding hydrogens is 432 g/mol. The Bertz CT molecular complexity index is 686. The largest absolute Gasteiger partial charge is 0.493 e. The van der Waals surface area contributed by atoms with Gasteiger partial charge < -0.3 is 25.1 Å². The quantitative estimate of drug-likeness (QED) is 0.299. The van der Waals surface area contributed by atoms with Gasteiger partial charge in [0, 0.05) is 43.9 Å². The van der Waals surface area contributed by atoms with E-state index in [0.29, 0.717) is 37.1 Å². The van der Waals surface area contributed by atoms with Gasteiger partial charge in [0.1, 0.15) is 0 Å². The Kier molecular flexibility index (Phi) is 13.0. The molecule has 1 aromatic rings. The fourth-order valence-corrected chi connectivity index (χ4v) is 3.75. The number of aliphatic hydroxyl groups is 1. The first kappa shape index (κ1) is 28.5. The van der Waals surface area contributed by atoms with Crippen LogP contribution < -0.4 is 15.2 Å². The van der Waals surface area contributed by atoms with Crippen molar-refractivity contribution in [3.05, 3.63) is 23.8 Å². The summed E-state index contributed by atoms with van der Waals surface area (Å²) in [6, 6.07) is 5.45. The molecule has 0 unspecified atom stereocenters. The summed E-state index contributed by atoms with van der Waals surface area (Å²) < 4.78 is 17.4. The lowest BCUT2D eigenvalue weighted by molar-refractivity contribution is -0.130. The van der Waals surface area contributed by atoms with E-state index in [4.69, 9.17) is 31.7 Å². The lowest BCUT2D eigenvalue weighted by atomic mass is 9.83. The third-order valence-electron chi connectivity index (χ3n) is 5.57. The van der Waals surface area contributed by atoms with Crippen LogP contribution in [0.3, 0.4) is 0 Å². The number of aliphatic hydroxyl groups excluding tert-OH is 1. The van der Waals surface area contributed by atoms with E-state index < -0.39 is 12.1 Å². The SMILES string of the molecule is COCCCOc1cc(C[C@@H](C[C@H](N)[C@@H](O)CN(Cl)C(=O)C(C)C)C(C)C)ccc1OC. The number of nitrogens with zero attached hydrogens (tertiary/aromatic N) is 1. The summed E-state index contributed by atoms with van der Waals surface area (Å²) >= 11 is 6.04. The van der Waals surface area contributed by atoms with Gasteiger partial charge in [-0.15, -0.1) is 0 Å². The molecule has 0 bridgehead atoms. The number of methoxy groups -OCH3 is 2. The Hall–Kier alpha value is -1.54. The molecule has 1 amide bonds. The third kappa shape index (κ3) is 9.53. The zero-order valence-corrected chi connectivity index (χ0v) is 21.1. The van der Waals surface area contributed by atoms with Gasteiger partial charge >= 0.3 is 0 Å². The first-order valence-corrected chi connectivity index (χ1v) is 11.6. The zero-order valence-electron chi connectivity index (χ0n) is 20.3. The average Bonchev–Trinajstić information content (AvgIpc) is 2.75. The minimum atomic E-state index is -0.896. The van der Waals surface area contributed by atoms with Crippen LogP contribution in [0.15, 0.2) is 18.2 Å². The maximum Gasteiger partial charge on any atom is 0.239 e. The van der Waals surface area contributed by atoms with Crippen molar-refractivity contribution < 1.29 is 24.1 Å². The average molecular weight is 473 g/mol. The van der Waals surface area contributed by atoms with Crippen molar-refractivity contribution in [2.24, 2.45) is 23.5 Å². The van der Waals surface area contributed by atoms with E-state index in [1.54, 1.807) is 28.1 Å². The van der Waals surface area contributed by atoms with Crippen molar-refractivity contribution in [3.8, 4) is 11.5 Å². The van der Waals surface area contributed by atoms with E-state index in [-0.39, 0.29) is 24.3 Å². The van der Waals surface area contributed by atoms with Gasteiger partial charge in [-0.3, -0.25) is 9.21 Å². The number of carbonyl (C=O) groups excluding carboxylic acids is 1. The molecule has 0 aliphatic heterocycles. The van der Waals surface area contributed by atoms with E-state index in [9.17, 15) is 9.90 Å². The van der Waals surface area contributed by atoms with Gasteiger partial charge in [-0.1, -0.05) is 33.8 Å². The second kappa shape index (κ2) is 14.6. The fourth-order valence-electron chi connectivity index (χ4n) is 3.42. The number of carbonyl (C=O) groups is 1. The van der Waals surface area contributed by atoms with Gasteiger partial charge in [0.05, 0.1) is 26.4 Å². The number of nitrogens with two attached hydrogens (primary N) is 1. The molecule has 3 atom stereocenters. The van der Waals surface area contributed by atoms with Crippen molar-refractivity contribution in [1.82, 2.24) is 4.42 Å². The van der Waals surface area contributed by atoms with E-state index >= 15 is 0 Å². The summed E-state index contributed by atoms with van der Waals surface area (Å²) in [4.78, 5) is 12.0. The lowest BCUT2D eigenvalue weighted by Gasteiger charge is -2.29. The second-order valence-electron chi connectivity index (χ2n) is 8.89. The fraction of sp³-hybridized carbons (Fsp3) is 0.708. The summed E-state index contributed by atoms with van der Waals surface area (Å²) in [7, 11) is 3.29. The van der Waals surface area contributed by atoms with Crippen molar-refractivity contribution >= 4 is 17.7 Å². The maximum atomic E-state index is 12.0. The summed E-state index contributed by atoms with van der Waals surface area (Å²) in [6.07, 6.45) is 1.29. The van der Waals surface area contributed by atoms with E-state index in [0.717, 1.165) is 22.8 Å². The molecule has 0 aromatic heterocycles. The van der Waals surface area contributed by atoms with Crippen molar-refractivity contribution in [1.29, 1.82) is 0 Å². The molecule has 3 N–H and O–H groups in total. The highest BCUT2D eigenvalue weighted by molar-refractivity contribution is 6.21. The molecule has 0 heterocycles. The summed E-state index contributed by atoms with van der Waals surface area (Å²) in [5, 5.41) is 10.5. The van der Waals surface area contributed by atoms with Crippen LogP contribution in [0.25, 0.3) is 0 Å². The van der Waals surface area contributed by atoms with Crippen LogP contribution in [0.1, 0.15) is 46.1 Å². The minimum Gasteiger partial charge on any atom is -0.493 e. The number of ether oxygens (including phenoxy) is 3. The van der Waals surface area contributed by atoms with Crippen molar-refractivity contribution in [2.75, 3.05) is 34.0 Å². The molecule has 0 aliphatic rings. The molecule has 1 rings (SSSR count). The van der Waals surface area contributed by atoms with Gasteiger partial charge in [0.25, 0.3) is 0 Å². The van der Waals surface area contributed by atoms with Crippen molar-refractivity contribution in [3.63, 3.8) is 0 Å². The third-order valence-corrected chi connectivity index (χ3v) is 5.87. The van der Waals surface area contributed by atoms with E-state index in [2.05, 4.69) is 13.8 Å². The minimum absolute atomic E-state index is 0.00650. The van der Waals surface area contributed by atoms with Gasteiger partial charge in [-0.2, -0.15) is 0 Å². The van der Waals surface area contributed by atoms with E-state index in [1.807, 2.05) is 18.2 Å². The second-order valence-corrected chi connectivity index (χ2v) is 9.30. The normalized spacial score (nSPS) is 14.3. The zero-order chi connectivity index (χ0) is 24.3. The molecule has 0 aliphatic carbocycles. The molecule has 32 heavy (non-hydrogen) atoms. The van der Waals surface area contributed by atoms with Crippen LogP contribution in [-0.2, 0) is 16.0 Å².